The molecule has 4 rings (SSSR count). The van der Waals surface area contributed by atoms with Crippen molar-refractivity contribution in [3.63, 3.8) is 0 Å². The summed E-state index contributed by atoms with van der Waals surface area (Å²) in [7, 11) is 3.48. The number of piperidine rings is 1. The number of hydrogen-bond acceptors (Lipinski definition) is 5. The lowest BCUT2D eigenvalue weighted by molar-refractivity contribution is 0.175. The van der Waals surface area contributed by atoms with Crippen molar-refractivity contribution in [2.75, 3.05) is 25.6 Å². The quantitative estimate of drug-likeness (QED) is 0.791. The monoisotopic (exact) mass is 397 g/mol. The number of anilines is 1. The Morgan fingerprint density at radius 3 is 2.86 bits per heavy atom. The first-order valence-corrected chi connectivity index (χ1v) is 10.7. The van der Waals surface area contributed by atoms with Gasteiger partial charge in [0.15, 0.2) is 0 Å². The van der Waals surface area contributed by atoms with Crippen LogP contribution in [0.15, 0.2) is 48.5 Å². The molecule has 1 saturated heterocycles. The first kappa shape index (κ1) is 19.5. The van der Waals surface area contributed by atoms with Crippen LogP contribution >= 0.6 is 11.8 Å². The minimum atomic E-state index is -0.231. The summed E-state index contributed by atoms with van der Waals surface area (Å²) >= 11 is 1.22. The van der Waals surface area contributed by atoms with Crippen molar-refractivity contribution in [2.45, 2.75) is 36.9 Å². The zero-order valence-electron chi connectivity index (χ0n) is 16.4. The van der Waals surface area contributed by atoms with Crippen molar-refractivity contribution in [3.8, 4) is 0 Å². The topological polar surface area (TPSA) is 53.6 Å². The van der Waals surface area contributed by atoms with Crippen molar-refractivity contribution in [3.05, 3.63) is 65.2 Å². The lowest BCUT2D eigenvalue weighted by Gasteiger charge is -2.34. The van der Waals surface area contributed by atoms with Gasteiger partial charge in [0, 0.05) is 38.3 Å². The van der Waals surface area contributed by atoms with Crippen molar-refractivity contribution >= 4 is 22.7 Å². The van der Waals surface area contributed by atoms with Crippen LogP contribution in [0.25, 0.3) is 0 Å². The van der Waals surface area contributed by atoms with Crippen LogP contribution in [0.3, 0.4) is 0 Å². The highest BCUT2D eigenvalue weighted by atomic mass is 32.2. The summed E-state index contributed by atoms with van der Waals surface area (Å²) < 4.78 is 5.49. The van der Waals surface area contributed by atoms with Gasteiger partial charge in [-0.3, -0.25) is 4.79 Å². The molecule has 2 N–H and O–H groups in total. The third-order valence-electron chi connectivity index (χ3n) is 5.59. The van der Waals surface area contributed by atoms with Gasteiger partial charge in [0.05, 0.1) is 5.69 Å². The van der Waals surface area contributed by atoms with E-state index in [0.717, 1.165) is 30.8 Å². The molecule has 2 aliphatic rings. The molecule has 2 heterocycles. The van der Waals surface area contributed by atoms with E-state index in [1.807, 2.05) is 7.05 Å². The third-order valence-corrected chi connectivity index (χ3v) is 6.73. The second kappa shape index (κ2) is 8.66. The molecule has 0 aliphatic carbocycles. The van der Waals surface area contributed by atoms with Crippen molar-refractivity contribution in [2.24, 2.45) is 0 Å². The fourth-order valence-corrected chi connectivity index (χ4v) is 4.93. The van der Waals surface area contributed by atoms with E-state index < -0.39 is 0 Å². The van der Waals surface area contributed by atoms with Gasteiger partial charge in [-0.2, -0.15) is 0 Å². The normalized spacial score (nSPS) is 24.9. The SMILES string of the molecule is COC1SC(=O)N(C)c2cc(CN[C@H]3CCCN[C@H]3c3ccccc3)ccc21. The van der Waals surface area contributed by atoms with E-state index in [2.05, 4.69) is 59.2 Å². The Morgan fingerprint density at radius 1 is 1.25 bits per heavy atom. The molecule has 0 saturated carbocycles. The smallest absolute Gasteiger partial charge is 0.288 e. The van der Waals surface area contributed by atoms with Crippen LogP contribution in [0, 0.1) is 0 Å². The van der Waals surface area contributed by atoms with Crippen LogP contribution in [0.2, 0.25) is 0 Å². The van der Waals surface area contributed by atoms with Gasteiger partial charge in [-0.05, 0) is 48.3 Å². The molecular weight excluding hydrogens is 370 g/mol. The molecule has 0 spiro atoms. The second-order valence-corrected chi connectivity index (χ2v) is 8.39. The fraction of sp³-hybridized carbons (Fsp3) is 0.409. The minimum Gasteiger partial charge on any atom is -0.365 e. The van der Waals surface area contributed by atoms with Crippen LogP contribution in [0.1, 0.15) is 41.0 Å². The summed E-state index contributed by atoms with van der Waals surface area (Å²) in [5, 5.41) is 7.42. The van der Waals surface area contributed by atoms with Gasteiger partial charge < -0.3 is 20.3 Å². The van der Waals surface area contributed by atoms with Crippen LogP contribution in [0.5, 0.6) is 0 Å². The highest BCUT2D eigenvalue weighted by Crippen LogP contribution is 2.42. The Kier molecular flexibility index (Phi) is 6.01. The summed E-state index contributed by atoms with van der Waals surface area (Å²) in [5.74, 6) is 0. The average molecular weight is 398 g/mol. The molecule has 0 radical (unpaired) electrons. The average Bonchev–Trinajstić information content (AvgIpc) is 2.75. The van der Waals surface area contributed by atoms with Crippen LogP contribution in [0.4, 0.5) is 10.5 Å². The van der Waals surface area contributed by atoms with Crippen LogP contribution < -0.4 is 15.5 Å². The van der Waals surface area contributed by atoms with Crippen LogP contribution in [-0.2, 0) is 11.3 Å². The van der Waals surface area contributed by atoms with Gasteiger partial charge in [0.2, 0.25) is 0 Å². The zero-order valence-corrected chi connectivity index (χ0v) is 17.2. The highest BCUT2D eigenvalue weighted by Gasteiger charge is 2.30. The van der Waals surface area contributed by atoms with E-state index in [9.17, 15) is 4.79 Å². The Labute approximate surface area is 170 Å². The predicted octanol–water partition coefficient (Wildman–Crippen LogP) is 4.22. The first-order chi connectivity index (χ1) is 13.7. The summed E-state index contributed by atoms with van der Waals surface area (Å²) in [6.45, 7) is 1.83. The number of amides is 1. The van der Waals surface area contributed by atoms with E-state index in [-0.39, 0.29) is 10.7 Å². The van der Waals surface area contributed by atoms with E-state index in [1.165, 1.54) is 29.3 Å². The summed E-state index contributed by atoms with van der Waals surface area (Å²) in [4.78, 5) is 13.9. The van der Waals surface area contributed by atoms with E-state index in [1.54, 1.807) is 12.0 Å². The lowest BCUT2D eigenvalue weighted by atomic mass is 9.92. The van der Waals surface area contributed by atoms with Gasteiger partial charge in [-0.15, -0.1) is 0 Å². The maximum atomic E-state index is 12.2. The van der Waals surface area contributed by atoms with Crippen molar-refractivity contribution < 1.29 is 9.53 Å². The molecule has 1 amide bonds. The van der Waals surface area contributed by atoms with Gasteiger partial charge in [0.25, 0.3) is 5.24 Å². The van der Waals surface area contributed by atoms with E-state index in [4.69, 9.17) is 4.74 Å². The number of methoxy groups -OCH3 is 1. The zero-order chi connectivity index (χ0) is 19.5. The number of fused-ring (bicyclic) bond motifs is 1. The molecule has 6 heteroatoms. The molecule has 1 fully saturated rings. The number of benzene rings is 2. The largest absolute Gasteiger partial charge is 0.365 e. The standard InChI is InChI=1S/C22H27N3O2S/c1-25-19-13-15(10-11-17(19)21(27-2)28-22(25)26)14-24-18-9-6-12-23-20(18)16-7-4-3-5-8-16/h3-5,7-8,10-11,13,18,20-21,23-24H,6,9,12,14H2,1-2H3/t18-,20-,21?/m0/s1. The molecule has 0 bridgehead atoms. The predicted molar refractivity (Wildman–Crippen MR) is 115 cm³/mol. The number of carbonyl (C=O) groups is 1. The number of rotatable bonds is 5. The van der Waals surface area contributed by atoms with Gasteiger partial charge >= 0.3 is 0 Å². The summed E-state index contributed by atoms with van der Waals surface area (Å²) in [6, 6.07) is 17.7. The lowest BCUT2D eigenvalue weighted by Crippen LogP contribution is -2.45. The van der Waals surface area contributed by atoms with Crippen LogP contribution in [-0.4, -0.2) is 32.0 Å². The third kappa shape index (κ3) is 3.96. The Balaban J connectivity index is 1.49. The highest BCUT2D eigenvalue weighted by molar-refractivity contribution is 8.14. The molecule has 28 heavy (non-hydrogen) atoms. The molecule has 1 unspecified atom stereocenters. The number of nitrogens with one attached hydrogen (secondary N) is 2. The molecule has 2 aromatic carbocycles. The minimum absolute atomic E-state index is 0.0186. The van der Waals surface area contributed by atoms with Gasteiger partial charge in [-0.1, -0.05) is 42.5 Å². The Hall–Kier alpha value is -1.86. The van der Waals surface area contributed by atoms with Gasteiger partial charge in [0.1, 0.15) is 5.44 Å². The van der Waals surface area contributed by atoms with Gasteiger partial charge in [-0.25, -0.2) is 0 Å². The number of ether oxygens (including phenoxy) is 1. The van der Waals surface area contributed by atoms with E-state index in [0.29, 0.717) is 12.1 Å². The van der Waals surface area contributed by atoms with Crippen molar-refractivity contribution in [1.82, 2.24) is 10.6 Å². The van der Waals surface area contributed by atoms with Crippen molar-refractivity contribution in [1.29, 1.82) is 0 Å². The second-order valence-electron chi connectivity index (χ2n) is 7.38. The Morgan fingerprint density at radius 2 is 2.07 bits per heavy atom. The fourth-order valence-electron chi connectivity index (χ4n) is 4.06. The molecular formula is C22H27N3O2S. The molecule has 148 valence electrons. The maximum absolute atomic E-state index is 12.2. The molecule has 2 aromatic rings. The first-order valence-electron chi connectivity index (χ1n) is 9.79. The number of thioether (sulfide) groups is 1. The summed E-state index contributed by atoms with van der Waals surface area (Å²) in [5.41, 5.74) is 4.27. The Bertz CT molecular complexity index is 830. The molecule has 2 aliphatic heterocycles. The summed E-state index contributed by atoms with van der Waals surface area (Å²) in [6.07, 6.45) is 2.33. The molecule has 0 aromatic heterocycles. The number of carbonyl (C=O) groups excluding carboxylic acids is 1. The van der Waals surface area contributed by atoms with E-state index >= 15 is 0 Å². The number of nitrogens with zero attached hydrogens (tertiary/aromatic N) is 1. The maximum Gasteiger partial charge on any atom is 0.288 e. The molecule has 3 atom stereocenters. The number of hydrogen-bond donors (Lipinski definition) is 2. The molecule has 5 nitrogen and oxygen atoms in total.